The number of aromatic amines is 1. The summed E-state index contributed by atoms with van der Waals surface area (Å²) in [5.41, 5.74) is 0.456. The highest BCUT2D eigenvalue weighted by Gasteiger charge is 2.11. The highest BCUT2D eigenvalue weighted by Crippen LogP contribution is 2.09. The highest BCUT2D eigenvalue weighted by atomic mass is 16.2. The molecule has 0 bridgehead atoms. The second kappa shape index (κ2) is 6.04. The van der Waals surface area contributed by atoms with Crippen LogP contribution in [-0.2, 0) is 6.54 Å². The quantitative estimate of drug-likeness (QED) is 0.747. The maximum absolute atomic E-state index is 12.1. The van der Waals surface area contributed by atoms with Gasteiger partial charge in [0.15, 0.2) is 5.82 Å². The third-order valence-electron chi connectivity index (χ3n) is 3.09. The molecule has 0 fully saturated rings. The average molecular weight is 295 g/mol. The summed E-state index contributed by atoms with van der Waals surface area (Å²) in [4.78, 5) is 30.4. The maximum Gasteiger partial charge on any atom is 0.260 e. The number of amides is 1. The number of carbonyl (C=O) groups excluding carboxylic acids is 1. The summed E-state index contributed by atoms with van der Waals surface area (Å²) in [7, 11) is 0. The number of pyridine rings is 2. The minimum Gasteiger partial charge on any atom is -0.348 e. The normalized spacial score (nSPS) is 10.4. The monoisotopic (exact) mass is 295 g/mol. The smallest absolute Gasteiger partial charge is 0.260 e. The number of rotatable bonds is 4. The van der Waals surface area contributed by atoms with Gasteiger partial charge in [-0.15, -0.1) is 0 Å². The van der Waals surface area contributed by atoms with Gasteiger partial charge in [-0.05, 0) is 24.3 Å². The SMILES string of the molecule is O=C(NCc1cccnc1-n1cccn1)c1ccc[nH]c1=O. The molecule has 3 aromatic heterocycles. The van der Waals surface area contributed by atoms with Crippen molar-refractivity contribution in [1.29, 1.82) is 0 Å². The first kappa shape index (κ1) is 13.7. The fourth-order valence-corrected chi connectivity index (χ4v) is 2.04. The molecular formula is C15H13N5O2. The van der Waals surface area contributed by atoms with E-state index in [2.05, 4.69) is 20.4 Å². The molecular weight excluding hydrogens is 282 g/mol. The Bertz CT molecular complexity index is 839. The van der Waals surface area contributed by atoms with Crippen molar-refractivity contribution >= 4 is 5.91 Å². The lowest BCUT2D eigenvalue weighted by Crippen LogP contribution is -2.29. The van der Waals surface area contributed by atoms with Crippen LogP contribution in [0.15, 0.2) is 59.9 Å². The predicted molar refractivity (Wildman–Crippen MR) is 79.6 cm³/mol. The van der Waals surface area contributed by atoms with Crippen molar-refractivity contribution in [3.05, 3.63) is 76.6 Å². The van der Waals surface area contributed by atoms with Crippen molar-refractivity contribution in [2.75, 3.05) is 0 Å². The summed E-state index contributed by atoms with van der Waals surface area (Å²) < 4.78 is 1.62. The molecule has 1 amide bonds. The first-order chi connectivity index (χ1) is 10.8. The molecule has 0 atom stereocenters. The molecule has 2 N–H and O–H groups in total. The molecule has 0 spiro atoms. The summed E-state index contributed by atoms with van der Waals surface area (Å²) in [5.74, 6) is 0.201. The van der Waals surface area contributed by atoms with Crippen molar-refractivity contribution in [2.24, 2.45) is 0 Å². The van der Waals surface area contributed by atoms with E-state index in [9.17, 15) is 9.59 Å². The van der Waals surface area contributed by atoms with Crippen LogP contribution >= 0.6 is 0 Å². The molecule has 3 heterocycles. The first-order valence-electron chi connectivity index (χ1n) is 6.65. The topological polar surface area (TPSA) is 92.7 Å². The lowest BCUT2D eigenvalue weighted by atomic mass is 10.2. The van der Waals surface area contributed by atoms with Gasteiger partial charge in [0.25, 0.3) is 11.5 Å². The molecule has 3 aromatic rings. The second-order valence-corrected chi connectivity index (χ2v) is 4.53. The van der Waals surface area contributed by atoms with Gasteiger partial charge in [-0.2, -0.15) is 5.10 Å². The van der Waals surface area contributed by atoms with Gasteiger partial charge in [0.2, 0.25) is 0 Å². The number of nitrogens with one attached hydrogen (secondary N) is 2. The van der Waals surface area contributed by atoms with E-state index in [0.29, 0.717) is 5.82 Å². The summed E-state index contributed by atoms with van der Waals surface area (Å²) in [6.07, 6.45) is 6.57. The highest BCUT2D eigenvalue weighted by molar-refractivity contribution is 5.93. The van der Waals surface area contributed by atoms with Crippen molar-refractivity contribution in [3.63, 3.8) is 0 Å². The van der Waals surface area contributed by atoms with E-state index in [-0.39, 0.29) is 12.1 Å². The van der Waals surface area contributed by atoms with Gasteiger partial charge < -0.3 is 10.3 Å². The number of aromatic nitrogens is 4. The van der Waals surface area contributed by atoms with Crippen LogP contribution in [0.2, 0.25) is 0 Å². The average Bonchev–Trinajstić information content (AvgIpc) is 3.07. The van der Waals surface area contributed by atoms with Crippen molar-refractivity contribution < 1.29 is 4.79 Å². The number of carbonyl (C=O) groups is 1. The number of hydrogen-bond acceptors (Lipinski definition) is 4. The van der Waals surface area contributed by atoms with Gasteiger partial charge >= 0.3 is 0 Å². The molecule has 0 aromatic carbocycles. The minimum atomic E-state index is -0.433. The van der Waals surface area contributed by atoms with E-state index in [4.69, 9.17) is 0 Å². The van der Waals surface area contributed by atoms with Crippen LogP contribution in [0.25, 0.3) is 5.82 Å². The molecule has 0 saturated heterocycles. The Hall–Kier alpha value is -3.22. The van der Waals surface area contributed by atoms with Crippen LogP contribution in [0.1, 0.15) is 15.9 Å². The number of nitrogens with zero attached hydrogens (tertiary/aromatic N) is 3. The van der Waals surface area contributed by atoms with E-state index in [1.165, 1.54) is 12.3 Å². The molecule has 110 valence electrons. The maximum atomic E-state index is 12.1. The summed E-state index contributed by atoms with van der Waals surface area (Å²) in [6, 6.07) is 8.51. The fourth-order valence-electron chi connectivity index (χ4n) is 2.04. The van der Waals surface area contributed by atoms with Crippen LogP contribution < -0.4 is 10.9 Å². The van der Waals surface area contributed by atoms with Gasteiger partial charge in [-0.3, -0.25) is 9.59 Å². The van der Waals surface area contributed by atoms with Crippen molar-refractivity contribution in [1.82, 2.24) is 25.1 Å². The van der Waals surface area contributed by atoms with E-state index in [0.717, 1.165) is 5.56 Å². The molecule has 0 saturated carbocycles. The summed E-state index contributed by atoms with van der Waals surface area (Å²) in [5, 5.41) is 6.85. The molecule has 0 aliphatic rings. The van der Waals surface area contributed by atoms with Crippen LogP contribution in [0.5, 0.6) is 0 Å². The zero-order chi connectivity index (χ0) is 15.4. The molecule has 0 unspecified atom stereocenters. The minimum absolute atomic E-state index is 0.0760. The second-order valence-electron chi connectivity index (χ2n) is 4.53. The Balaban J connectivity index is 1.79. The van der Waals surface area contributed by atoms with Gasteiger partial charge in [0, 0.05) is 36.9 Å². The summed E-state index contributed by atoms with van der Waals surface area (Å²) in [6.45, 7) is 0.246. The van der Waals surface area contributed by atoms with E-state index in [1.54, 1.807) is 41.5 Å². The van der Waals surface area contributed by atoms with Crippen LogP contribution in [-0.4, -0.2) is 25.7 Å². The molecule has 22 heavy (non-hydrogen) atoms. The van der Waals surface area contributed by atoms with Gasteiger partial charge in [0.1, 0.15) is 5.56 Å². The zero-order valence-corrected chi connectivity index (χ0v) is 11.6. The molecule has 0 aliphatic carbocycles. The Kier molecular flexibility index (Phi) is 3.78. The lowest BCUT2D eigenvalue weighted by molar-refractivity contribution is 0.0949. The van der Waals surface area contributed by atoms with E-state index < -0.39 is 11.5 Å². The number of hydrogen-bond donors (Lipinski definition) is 2. The van der Waals surface area contributed by atoms with E-state index in [1.807, 2.05) is 6.07 Å². The molecule has 3 rings (SSSR count). The largest absolute Gasteiger partial charge is 0.348 e. The Labute approximate surface area is 125 Å². The van der Waals surface area contributed by atoms with Crippen LogP contribution in [0.3, 0.4) is 0 Å². The van der Waals surface area contributed by atoms with E-state index >= 15 is 0 Å². The predicted octanol–water partition coefficient (Wildman–Crippen LogP) is 0.886. The number of H-pyrrole nitrogens is 1. The van der Waals surface area contributed by atoms with Gasteiger partial charge in [-0.1, -0.05) is 6.07 Å². The fraction of sp³-hybridized carbons (Fsp3) is 0.0667. The molecule has 7 heteroatoms. The molecule has 0 aliphatic heterocycles. The summed E-state index contributed by atoms with van der Waals surface area (Å²) >= 11 is 0. The Morgan fingerprint density at radius 2 is 2.14 bits per heavy atom. The van der Waals surface area contributed by atoms with Gasteiger partial charge in [0.05, 0.1) is 0 Å². The van der Waals surface area contributed by atoms with Crippen LogP contribution in [0.4, 0.5) is 0 Å². The lowest BCUT2D eigenvalue weighted by Gasteiger charge is -2.09. The van der Waals surface area contributed by atoms with Crippen molar-refractivity contribution in [2.45, 2.75) is 6.54 Å². The van der Waals surface area contributed by atoms with Crippen molar-refractivity contribution in [3.8, 4) is 5.82 Å². The molecule has 7 nitrogen and oxygen atoms in total. The Morgan fingerprint density at radius 1 is 1.23 bits per heavy atom. The third kappa shape index (κ3) is 2.78. The Morgan fingerprint density at radius 3 is 2.91 bits per heavy atom. The third-order valence-corrected chi connectivity index (χ3v) is 3.09. The molecule has 0 radical (unpaired) electrons. The standard InChI is InChI=1S/C15H13N5O2/c21-14-12(5-2-7-17-14)15(22)18-10-11-4-1-6-16-13(11)20-9-3-8-19-20/h1-9H,10H2,(H,17,21)(H,18,22). The van der Waals surface area contributed by atoms with Crippen LogP contribution in [0, 0.1) is 0 Å². The zero-order valence-electron chi connectivity index (χ0n) is 11.6. The van der Waals surface area contributed by atoms with Gasteiger partial charge in [-0.25, -0.2) is 9.67 Å². The first-order valence-corrected chi connectivity index (χ1v) is 6.65.